The molecule has 21 heavy (non-hydrogen) atoms. The summed E-state index contributed by atoms with van der Waals surface area (Å²) >= 11 is 0. The quantitative estimate of drug-likeness (QED) is 0.885. The van der Waals surface area contributed by atoms with Crippen molar-refractivity contribution in [2.75, 3.05) is 12.4 Å². The topological polar surface area (TPSA) is 38.3 Å². The molecule has 3 atom stereocenters. The summed E-state index contributed by atoms with van der Waals surface area (Å²) in [7, 11) is 1.67. The molecule has 1 N–H and O–H groups in total. The van der Waals surface area contributed by atoms with Crippen molar-refractivity contribution < 1.29 is 9.53 Å². The summed E-state index contributed by atoms with van der Waals surface area (Å²) in [6, 6.07) is 5.91. The molecule has 1 aromatic carbocycles. The van der Waals surface area contributed by atoms with Gasteiger partial charge < -0.3 is 10.1 Å². The number of hydrogen-bond acceptors (Lipinski definition) is 2. The molecular formula is C18H25NO2. The van der Waals surface area contributed by atoms with Crippen molar-refractivity contribution in [3.05, 3.63) is 23.8 Å². The first kappa shape index (κ1) is 14.4. The van der Waals surface area contributed by atoms with Crippen LogP contribution in [0.3, 0.4) is 0 Å². The number of amides is 1. The third-order valence-electron chi connectivity index (χ3n) is 5.03. The van der Waals surface area contributed by atoms with Crippen molar-refractivity contribution >= 4 is 11.6 Å². The van der Waals surface area contributed by atoms with Gasteiger partial charge in [-0.2, -0.15) is 0 Å². The number of fused-ring (bicyclic) bond motifs is 1. The summed E-state index contributed by atoms with van der Waals surface area (Å²) in [5.74, 6) is 2.09. The van der Waals surface area contributed by atoms with E-state index in [2.05, 4.69) is 26.1 Å². The van der Waals surface area contributed by atoms with Crippen molar-refractivity contribution in [1.82, 2.24) is 0 Å². The number of ether oxygens (including phenoxy) is 1. The zero-order chi connectivity index (χ0) is 15.2. The van der Waals surface area contributed by atoms with Gasteiger partial charge >= 0.3 is 0 Å². The average molecular weight is 287 g/mol. The molecule has 1 aliphatic carbocycles. The van der Waals surface area contributed by atoms with Crippen LogP contribution in [0.1, 0.15) is 51.5 Å². The maximum atomic E-state index is 12.5. The number of rotatable bonds is 2. The lowest BCUT2D eigenvalue weighted by atomic mass is 9.64. The van der Waals surface area contributed by atoms with Crippen molar-refractivity contribution in [2.45, 2.75) is 46.0 Å². The predicted octanol–water partition coefficient (Wildman–Crippen LogP) is 4.19. The molecule has 0 saturated heterocycles. The highest BCUT2D eigenvalue weighted by Crippen LogP contribution is 2.50. The zero-order valence-corrected chi connectivity index (χ0v) is 13.4. The molecule has 3 rings (SSSR count). The number of benzene rings is 1. The minimum absolute atomic E-state index is 0.0166. The van der Waals surface area contributed by atoms with Crippen LogP contribution in [-0.4, -0.2) is 13.0 Å². The molecule has 3 nitrogen and oxygen atoms in total. The lowest BCUT2D eigenvalue weighted by Crippen LogP contribution is -2.33. The lowest BCUT2D eigenvalue weighted by molar-refractivity contribution is -0.118. The molecule has 0 aromatic heterocycles. The van der Waals surface area contributed by atoms with Gasteiger partial charge in [-0.1, -0.05) is 20.8 Å². The summed E-state index contributed by atoms with van der Waals surface area (Å²) in [5, 5.41) is 3.04. The van der Waals surface area contributed by atoms with Crippen LogP contribution in [0.15, 0.2) is 18.2 Å². The number of methoxy groups -OCH3 is 1. The lowest BCUT2D eigenvalue weighted by Gasteiger charge is -2.41. The molecule has 2 aliphatic rings. The van der Waals surface area contributed by atoms with Gasteiger partial charge in [-0.05, 0) is 60.3 Å². The first-order valence-electron chi connectivity index (χ1n) is 7.88. The molecule has 1 aliphatic heterocycles. The molecule has 0 spiro atoms. The average Bonchev–Trinajstić information content (AvgIpc) is 2.71. The van der Waals surface area contributed by atoms with E-state index < -0.39 is 0 Å². The second-order valence-corrected chi connectivity index (χ2v) is 7.59. The smallest absolute Gasteiger partial charge is 0.232 e. The summed E-state index contributed by atoms with van der Waals surface area (Å²) in [6.07, 6.45) is 3.51. The van der Waals surface area contributed by atoms with Gasteiger partial charge in [0.2, 0.25) is 5.91 Å². The molecule has 1 aromatic rings. The van der Waals surface area contributed by atoms with E-state index in [1.165, 1.54) is 6.42 Å². The van der Waals surface area contributed by atoms with E-state index in [1.807, 2.05) is 18.2 Å². The summed E-state index contributed by atoms with van der Waals surface area (Å²) in [4.78, 5) is 12.5. The molecule has 1 heterocycles. The Kier molecular flexibility index (Phi) is 3.46. The van der Waals surface area contributed by atoms with E-state index in [0.29, 0.717) is 17.3 Å². The third-order valence-corrected chi connectivity index (χ3v) is 5.03. The first-order chi connectivity index (χ1) is 9.89. The standard InChI is InChI=1S/C18H25NO2/c1-11-7-12(10-18(2,3)9-11)16-14-8-13(21-4)5-6-15(14)19-17(16)20/h5-6,8,11-12,16H,7,9-10H2,1-4H3,(H,19,20). The third kappa shape index (κ3) is 2.66. The fraction of sp³-hybridized carbons (Fsp3) is 0.611. The highest BCUT2D eigenvalue weighted by atomic mass is 16.5. The molecule has 114 valence electrons. The van der Waals surface area contributed by atoms with Crippen LogP contribution in [0.4, 0.5) is 5.69 Å². The van der Waals surface area contributed by atoms with Gasteiger partial charge in [0.15, 0.2) is 0 Å². The molecule has 3 heteroatoms. The molecule has 0 bridgehead atoms. The van der Waals surface area contributed by atoms with Gasteiger partial charge in [0.25, 0.3) is 0 Å². The Morgan fingerprint density at radius 2 is 2.05 bits per heavy atom. The molecule has 1 saturated carbocycles. The predicted molar refractivity (Wildman–Crippen MR) is 84.7 cm³/mol. The monoisotopic (exact) mass is 287 g/mol. The van der Waals surface area contributed by atoms with Crippen molar-refractivity contribution in [3.8, 4) is 5.75 Å². The highest BCUT2D eigenvalue weighted by molar-refractivity contribution is 6.03. The molecule has 1 amide bonds. The second-order valence-electron chi connectivity index (χ2n) is 7.59. The summed E-state index contributed by atoms with van der Waals surface area (Å²) < 4.78 is 5.33. The van der Waals surface area contributed by atoms with Crippen LogP contribution >= 0.6 is 0 Å². The van der Waals surface area contributed by atoms with E-state index in [9.17, 15) is 4.79 Å². The number of carbonyl (C=O) groups excluding carboxylic acids is 1. The Bertz CT molecular complexity index is 564. The largest absolute Gasteiger partial charge is 0.497 e. The van der Waals surface area contributed by atoms with Crippen LogP contribution in [0.2, 0.25) is 0 Å². The van der Waals surface area contributed by atoms with Gasteiger partial charge in [-0.25, -0.2) is 0 Å². The maximum Gasteiger partial charge on any atom is 0.232 e. The minimum atomic E-state index is -0.0166. The molecular weight excluding hydrogens is 262 g/mol. The van der Waals surface area contributed by atoms with Gasteiger partial charge in [0.05, 0.1) is 13.0 Å². The fourth-order valence-corrected chi connectivity index (χ4v) is 4.53. The Morgan fingerprint density at radius 1 is 1.29 bits per heavy atom. The SMILES string of the molecule is COc1ccc2c(c1)C(C1CC(C)CC(C)(C)C1)C(=O)N2. The van der Waals surface area contributed by atoms with Crippen molar-refractivity contribution in [2.24, 2.45) is 17.3 Å². The van der Waals surface area contributed by atoms with Crippen LogP contribution in [0, 0.1) is 17.3 Å². The van der Waals surface area contributed by atoms with Crippen molar-refractivity contribution in [1.29, 1.82) is 0 Å². The van der Waals surface area contributed by atoms with E-state index in [-0.39, 0.29) is 11.8 Å². The van der Waals surface area contributed by atoms with Crippen molar-refractivity contribution in [3.63, 3.8) is 0 Å². The molecule has 0 radical (unpaired) electrons. The van der Waals surface area contributed by atoms with Crippen LogP contribution in [0.25, 0.3) is 0 Å². The Hall–Kier alpha value is -1.51. The van der Waals surface area contributed by atoms with Gasteiger partial charge in [-0.3, -0.25) is 4.79 Å². The molecule has 1 fully saturated rings. The number of nitrogens with one attached hydrogen (secondary N) is 1. The number of anilines is 1. The van der Waals surface area contributed by atoms with E-state index in [0.717, 1.165) is 29.8 Å². The second kappa shape index (κ2) is 5.04. The van der Waals surface area contributed by atoms with Crippen LogP contribution in [-0.2, 0) is 4.79 Å². The fourth-order valence-electron chi connectivity index (χ4n) is 4.53. The van der Waals surface area contributed by atoms with E-state index in [4.69, 9.17) is 4.74 Å². The van der Waals surface area contributed by atoms with Crippen LogP contribution in [0.5, 0.6) is 5.75 Å². The normalized spacial score (nSPS) is 30.7. The zero-order valence-electron chi connectivity index (χ0n) is 13.4. The Balaban J connectivity index is 1.94. The first-order valence-corrected chi connectivity index (χ1v) is 7.88. The van der Waals surface area contributed by atoms with Gasteiger partial charge in [0.1, 0.15) is 5.75 Å². The number of carbonyl (C=O) groups is 1. The maximum absolute atomic E-state index is 12.5. The summed E-state index contributed by atoms with van der Waals surface area (Å²) in [6.45, 7) is 6.97. The Labute approximate surface area is 127 Å². The number of hydrogen-bond donors (Lipinski definition) is 1. The van der Waals surface area contributed by atoms with Gasteiger partial charge in [-0.15, -0.1) is 0 Å². The molecule has 3 unspecified atom stereocenters. The van der Waals surface area contributed by atoms with E-state index >= 15 is 0 Å². The summed E-state index contributed by atoms with van der Waals surface area (Å²) in [5.41, 5.74) is 2.40. The highest BCUT2D eigenvalue weighted by Gasteiger charge is 2.42. The van der Waals surface area contributed by atoms with Gasteiger partial charge in [0, 0.05) is 5.69 Å². The van der Waals surface area contributed by atoms with E-state index in [1.54, 1.807) is 7.11 Å². The minimum Gasteiger partial charge on any atom is -0.497 e. The van der Waals surface area contributed by atoms with Crippen LogP contribution < -0.4 is 10.1 Å². The Morgan fingerprint density at radius 3 is 2.71 bits per heavy atom.